The number of nitrogens with one attached hydrogen (secondary N) is 1. The lowest BCUT2D eigenvalue weighted by Gasteiger charge is -2.14. The Morgan fingerprint density at radius 2 is 2.31 bits per heavy atom. The summed E-state index contributed by atoms with van der Waals surface area (Å²) in [6, 6.07) is 2.60. The van der Waals surface area contributed by atoms with E-state index in [4.69, 9.17) is 5.73 Å². The van der Waals surface area contributed by atoms with Gasteiger partial charge in [-0.25, -0.2) is 0 Å². The average molecular weight is 223 g/mol. The van der Waals surface area contributed by atoms with Crippen LogP contribution in [0.15, 0.2) is 23.1 Å². The van der Waals surface area contributed by atoms with Gasteiger partial charge >= 0.3 is 0 Å². The van der Waals surface area contributed by atoms with Crippen LogP contribution in [0, 0.1) is 0 Å². The number of aromatic amines is 1. The maximum Gasteiger partial charge on any atom is 0.260 e. The van der Waals surface area contributed by atoms with Gasteiger partial charge in [0.2, 0.25) is 12.0 Å². The fourth-order valence-electron chi connectivity index (χ4n) is 1.21. The highest BCUT2D eigenvalue weighted by molar-refractivity contribution is 5.99. The molecule has 0 aromatic carbocycles. The van der Waals surface area contributed by atoms with E-state index in [-0.39, 0.29) is 17.7 Å². The molecule has 1 aromatic rings. The molecule has 2 amide bonds. The van der Waals surface area contributed by atoms with Gasteiger partial charge < -0.3 is 10.7 Å². The normalized spacial score (nSPS) is 9.81. The first-order valence-electron chi connectivity index (χ1n) is 4.84. The smallest absolute Gasteiger partial charge is 0.260 e. The molecule has 0 aliphatic heterocycles. The maximum absolute atomic E-state index is 11.7. The van der Waals surface area contributed by atoms with E-state index in [1.165, 1.54) is 12.3 Å². The molecular formula is C10H13N3O3. The molecule has 0 atom stereocenters. The van der Waals surface area contributed by atoms with Crippen molar-refractivity contribution in [2.75, 3.05) is 13.1 Å². The lowest BCUT2D eigenvalue weighted by Crippen LogP contribution is -2.32. The summed E-state index contributed by atoms with van der Waals surface area (Å²) in [5.74, 6) is -0.491. The van der Waals surface area contributed by atoms with Crippen LogP contribution in [-0.2, 0) is 4.79 Å². The first kappa shape index (κ1) is 12.1. The van der Waals surface area contributed by atoms with Gasteiger partial charge in [-0.1, -0.05) is 0 Å². The SMILES string of the molecule is NCCCN(C=O)C(=O)c1cc[nH]c(=O)c1. The largest absolute Gasteiger partial charge is 0.330 e. The van der Waals surface area contributed by atoms with Gasteiger partial charge in [-0.2, -0.15) is 0 Å². The van der Waals surface area contributed by atoms with Crippen LogP contribution in [-0.4, -0.2) is 35.3 Å². The van der Waals surface area contributed by atoms with E-state index < -0.39 is 5.91 Å². The van der Waals surface area contributed by atoms with Crippen molar-refractivity contribution in [3.8, 4) is 0 Å². The lowest BCUT2D eigenvalue weighted by atomic mass is 10.2. The van der Waals surface area contributed by atoms with Crippen LogP contribution in [0.25, 0.3) is 0 Å². The van der Waals surface area contributed by atoms with Crippen molar-refractivity contribution in [2.45, 2.75) is 6.42 Å². The Balaban J connectivity index is 2.82. The van der Waals surface area contributed by atoms with Gasteiger partial charge in [0.25, 0.3) is 5.91 Å². The van der Waals surface area contributed by atoms with E-state index in [2.05, 4.69) is 4.98 Å². The molecule has 1 rings (SSSR count). The van der Waals surface area contributed by atoms with Gasteiger partial charge in [-0.3, -0.25) is 19.3 Å². The minimum Gasteiger partial charge on any atom is -0.330 e. The van der Waals surface area contributed by atoms with Crippen molar-refractivity contribution >= 4 is 12.3 Å². The van der Waals surface area contributed by atoms with E-state index >= 15 is 0 Å². The molecule has 0 aliphatic rings. The predicted molar refractivity (Wildman–Crippen MR) is 57.8 cm³/mol. The molecule has 0 radical (unpaired) electrons. The summed E-state index contributed by atoms with van der Waals surface area (Å²) in [7, 11) is 0. The standard InChI is InChI=1S/C10H13N3O3/c11-3-1-5-13(7-14)10(16)8-2-4-12-9(15)6-8/h2,4,6-7H,1,3,5,11H2,(H,12,15). The monoisotopic (exact) mass is 223 g/mol. The van der Waals surface area contributed by atoms with Crippen molar-refractivity contribution in [3.05, 3.63) is 34.2 Å². The van der Waals surface area contributed by atoms with Gasteiger partial charge in [0.15, 0.2) is 0 Å². The van der Waals surface area contributed by atoms with Crippen molar-refractivity contribution in [1.82, 2.24) is 9.88 Å². The quantitative estimate of drug-likeness (QED) is 0.646. The second kappa shape index (κ2) is 5.82. The Morgan fingerprint density at radius 1 is 1.56 bits per heavy atom. The van der Waals surface area contributed by atoms with Crippen molar-refractivity contribution in [1.29, 1.82) is 0 Å². The summed E-state index contributed by atoms with van der Waals surface area (Å²) in [6.45, 7) is 0.651. The van der Waals surface area contributed by atoms with Crippen LogP contribution in [0.4, 0.5) is 0 Å². The van der Waals surface area contributed by atoms with E-state index in [1.807, 2.05) is 0 Å². The molecule has 0 saturated carbocycles. The Labute approximate surface area is 92.1 Å². The molecule has 6 nitrogen and oxygen atoms in total. The van der Waals surface area contributed by atoms with Crippen LogP contribution in [0.5, 0.6) is 0 Å². The third-order valence-electron chi connectivity index (χ3n) is 2.01. The fraction of sp³-hybridized carbons (Fsp3) is 0.300. The van der Waals surface area contributed by atoms with Crippen LogP contribution in [0.3, 0.4) is 0 Å². The van der Waals surface area contributed by atoms with Crippen LogP contribution >= 0.6 is 0 Å². The first-order valence-corrected chi connectivity index (χ1v) is 4.84. The number of carbonyl (C=O) groups is 2. The Bertz CT molecular complexity index is 427. The van der Waals surface area contributed by atoms with Gasteiger partial charge in [-0.05, 0) is 19.0 Å². The van der Waals surface area contributed by atoms with E-state index in [0.29, 0.717) is 19.4 Å². The number of amides is 2. The second-order valence-corrected chi connectivity index (χ2v) is 3.19. The number of aromatic nitrogens is 1. The highest BCUT2D eigenvalue weighted by atomic mass is 16.2. The zero-order valence-corrected chi connectivity index (χ0v) is 8.68. The van der Waals surface area contributed by atoms with Crippen molar-refractivity contribution in [2.24, 2.45) is 5.73 Å². The summed E-state index contributed by atoms with van der Waals surface area (Å²) >= 11 is 0. The Hall–Kier alpha value is -1.95. The van der Waals surface area contributed by atoms with Gasteiger partial charge in [0, 0.05) is 24.4 Å². The molecule has 6 heteroatoms. The van der Waals surface area contributed by atoms with Crippen LogP contribution < -0.4 is 11.3 Å². The van der Waals surface area contributed by atoms with Gasteiger partial charge in [0.05, 0.1) is 0 Å². The number of nitrogens with two attached hydrogens (primary N) is 1. The van der Waals surface area contributed by atoms with Crippen LogP contribution in [0.2, 0.25) is 0 Å². The zero-order chi connectivity index (χ0) is 12.0. The molecule has 0 unspecified atom stereocenters. The second-order valence-electron chi connectivity index (χ2n) is 3.19. The Kier molecular flexibility index (Phi) is 4.41. The zero-order valence-electron chi connectivity index (χ0n) is 8.68. The third-order valence-corrected chi connectivity index (χ3v) is 2.01. The number of imide groups is 1. The molecule has 0 spiro atoms. The highest BCUT2D eigenvalue weighted by Gasteiger charge is 2.14. The number of hydrogen-bond acceptors (Lipinski definition) is 4. The molecule has 86 valence electrons. The van der Waals surface area contributed by atoms with Gasteiger partial charge in [0.1, 0.15) is 0 Å². The molecule has 0 bridgehead atoms. The summed E-state index contributed by atoms with van der Waals surface area (Å²) < 4.78 is 0. The van der Waals surface area contributed by atoms with Gasteiger partial charge in [-0.15, -0.1) is 0 Å². The average Bonchev–Trinajstić information content (AvgIpc) is 2.29. The lowest BCUT2D eigenvalue weighted by molar-refractivity contribution is -0.116. The van der Waals surface area contributed by atoms with E-state index in [1.54, 1.807) is 0 Å². The number of rotatable bonds is 5. The summed E-state index contributed by atoms with van der Waals surface area (Å²) in [6.07, 6.45) is 2.34. The number of H-pyrrole nitrogens is 1. The number of hydrogen-bond donors (Lipinski definition) is 2. The predicted octanol–water partition coefficient (Wildman–Crippen LogP) is -0.678. The molecule has 1 aromatic heterocycles. The molecule has 0 saturated heterocycles. The van der Waals surface area contributed by atoms with Crippen molar-refractivity contribution in [3.63, 3.8) is 0 Å². The minimum absolute atomic E-state index is 0.188. The van der Waals surface area contributed by atoms with Crippen LogP contribution in [0.1, 0.15) is 16.8 Å². The summed E-state index contributed by atoms with van der Waals surface area (Å²) in [5, 5.41) is 0. The maximum atomic E-state index is 11.7. The third kappa shape index (κ3) is 3.03. The number of pyridine rings is 1. The van der Waals surface area contributed by atoms with E-state index in [9.17, 15) is 14.4 Å². The fourth-order valence-corrected chi connectivity index (χ4v) is 1.21. The molecule has 16 heavy (non-hydrogen) atoms. The molecule has 1 heterocycles. The minimum atomic E-state index is -0.491. The molecule has 3 N–H and O–H groups in total. The molecule has 0 fully saturated rings. The number of carbonyl (C=O) groups excluding carboxylic acids is 2. The van der Waals surface area contributed by atoms with Crippen molar-refractivity contribution < 1.29 is 9.59 Å². The summed E-state index contributed by atoms with van der Waals surface area (Å²) in [5.41, 5.74) is 5.09. The number of nitrogens with zero attached hydrogens (tertiary/aromatic N) is 1. The van der Waals surface area contributed by atoms with E-state index in [0.717, 1.165) is 11.0 Å². The summed E-state index contributed by atoms with van der Waals surface area (Å²) in [4.78, 5) is 36.8. The Morgan fingerprint density at radius 3 is 2.88 bits per heavy atom. The molecule has 0 aliphatic carbocycles. The topological polar surface area (TPSA) is 96.3 Å². The first-order chi connectivity index (χ1) is 7.69. The highest BCUT2D eigenvalue weighted by Crippen LogP contribution is 2.00. The molecular weight excluding hydrogens is 210 g/mol.